The Morgan fingerprint density at radius 3 is 2.45 bits per heavy atom. The molecule has 2 heterocycles. The molecule has 1 fully saturated rings. The van der Waals surface area contributed by atoms with Gasteiger partial charge < -0.3 is 15.2 Å². The van der Waals surface area contributed by atoms with Gasteiger partial charge in [-0.1, -0.05) is 11.6 Å². The van der Waals surface area contributed by atoms with Crippen molar-refractivity contribution in [2.45, 2.75) is 51.6 Å². The lowest BCUT2D eigenvalue weighted by Crippen LogP contribution is -2.38. The number of hydrogen-bond acceptors (Lipinski definition) is 3. The van der Waals surface area contributed by atoms with Crippen LogP contribution in [0.15, 0.2) is 24.4 Å². The van der Waals surface area contributed by atoms with Gasteiger partial charge in [-0.05, 0) is 64.9 Å². The van der Waals surface area contributed by atoms with Gasteiger partial charge in [0.1, 0.15) is 11.6 Å². The number of benzene rings is 1. The van der Waals surface area contributed by atoms with Crippen LogP contribution in [0.2, 0.25) is 5.02 Å². The summed E-state index contributed by atoms with van der Waals surface area (Å²) in [6.45, 7) is 10.3. The maximum atomic E-state index is 13.5. The van der Waals surface area contributed by atoms with Crippen molar-refractivity contribution in [2.24, 2.45) is 0 Å². The topological polar surface area (TPSA) is 41.9 Å². The van der Waals surface area contributed by atoms with Crippen molar-refractivity contribution < 1.29 is 4.39 Å². The molecular formula is C20H31Cl4FN4. The van der Waals surface area contributed by atoms with Crippen molar-refractivity contribution in [2.75, 3.05) is 19.6 Å². The van der Waals surface area contributed by atoms with Crippen LogP contribution in [-0.4, -0.2) is 34.7 Å². The largest absolute Gasteiger partial charge is 0.333 e. The van der Waals surface area contributed by atoms with Gasteiger partial charge in [0, 0.05) is 36.3 Å². The minimum Gasteiger partial charge on any atom is -0.333 e. The maximum absolute atomic E-state index is 13.5. The fourth-order valence-corrected chi connectivity index (χ4v) is 3.54. The monoisotopic (exact) mass is 486 g/mol. The molecule has 0 unspecified atom stereocenters. The van der Waals surface area contributed by atoms with E-state index in [0.29, 0.717) is 5.92 Å². The Morgan fingerprint density at radius 1 is 1.21 bits per heavy atom. The second kappa shape index (κ2) is 12.3. The van der Waals surface area contributed by atoms with Crippen molar-refractivity contribution in [3.63, 3.8) is 0 Å². The van der Waals surface area contributed by atoms with Gasteiger partial charge in [0.25, 0.3) is 0 Å². The lowest BCUT2D eigenvalue weighted by Gasteiger charge is -2.24. The Kier molecular flexibility index (Phi) is 12.1. The third-order valence-electron chi connectivity index (χ3n) is 4.74. The first kappa shape index (κ1) is 28.4. The van der Waals surface area contributed by atoms with E-state index in [1.54, 1.807) is 12.1 Å². The highest BCUT2D eigenvalue weighted by molar-refractivity contribution is 6.31. The van der Waals surface area contributed by atoms with Crippen molar-refractivity contribution in [1.82, 2.24) is 20.2 Å². The van der Waals surface area contributed by atoms with Gasteiger partial charge in [0.2, 0.25) is 0 Å². The SMILES string of the molecule is CC(C)(C)NCCn1cc(-c2ccc(F)c(Cl)c2)nc1C1CCNCC1.Cl.Cl.Cl. The van der Waals surface area contributed by atoms with E-state index in [1.807, 2.05) is 0 Å². The Bertz CT molecular complexity index is 755. The first-order valence-corrected chi connectivity index (χ1v) is 9.69. The van der Waals surface area contributed by atoms with Crippen LogP contribution in [0.1, 0.15) is 45.4 Å². The molecule has 4 nitrogen and oxygen atoms in total. The second-order valence-electron chi connectivity index (χ2n) is 8.01. The van der Waals surface area contributed by atoms with Gasteiger partial charge in [-0.2, -0.15) is 0 Å². The molecule has 1 aliphatic heterocycles. The van der Waals surface area contributed by atoms with E-state index in [-0.39, 0.29) is 47.8 Å². The van der Waals surface area contributed by atoms with E-state index in [0.717, 1.165) is 56.1 Å². The number of nitrogens with zero attached hydrogens (tertiary/aromatic N) is 2. The summed E-state index contributed by atoms with van der Waals surface area (Å²) < 4.78 is 15.7. The number of nitrogens with one attached hydrogen (secondary N) is 2. The summed E-state index contributed by atoms with van der Waals surface area (Å²) in [5, 5.41) is 7.08. The summed E-state index contributed by atoms with van der Waals surface area (Å²) in [5.41, 5.74) is 1.80. The van der Waals surface area contributed by atoms with Gasteiger partial charge in [0.05, 0.1) is 10.7 Å². The maximum Gasteiger partial charge on any atom is 0.141 e. The average molecular weight is 488 g/mol. The highest BCUT2D eigenvalue weighted by Crippen LogP contribution is 2.29. The molecular weight excluding hydrogens is 457 g/mol. The highest BCUT2D eigenvalue weighted by atomic mass is 35.5. The lowest BCUT2D eigenvalue weighted by atomic mass is 9.97. The summed E-state index contributed by atoms with van der Waals surface area (Å²) in [6, 6.07) is 4.80. The molecule has 0 spiro atoms. The summed E-state index contributed by atoms with van der Waals surface area (Å²) in [4.78, 5) is 4.92. The van der Waals surface area contributed by atoms with Crippen LogP contribution in [0.3, 0.4) is 0 Å². The van der Waals surface area contributed by atoms with Gasteiger partial charge in [-0.25, -0.2) is 9.37 Å². The van der Waals surface area contributed by atoms with Gasteiger partial charge in [-0.3, -0.25) is 0 Å². The molecule has 1 aromatic carbocycles. The molecule has 166 valence electrons. The fraction of sp³-hybridized carbons (Fsp3) is 0.550. The van der Waals surface area contributed by atoms with Gasteiger partial charge in [-0.15, -0.1) is 37.2 Å². The van der Waals surface area contributed by atoms with E-state index < -0.39 is 5.82 Å². The summed E-state index contributed by atoms with van der Waals surface area (Å²) >= 11 is 5.96. The van der Waals surface area contributed by atoms with Crippen LogP contribution in [-0.2, 0) is 6.54 Å². The van der Waals surface area contributed by atoms with Crippen LogP contribution in [0.5, 0.6) is 0 Å². The second-order valence-corrected chi connectivity index (χ2v) is 8.41. The third kappa shape index (κ3) is 7.89. The smallest absolute Gasteiger partial charge is 0.141 e. The van der Waals surface area contributed by atoms with Crippen LogP contribution in [0, 0.1) is 5.82 Å². The molecule has 0 bridgehead atoms. The molecule has 1 aliphatic rings. The number of hydrogen-bond donors (Lipinski definition) is 2. The molecule has 2 N–H and O–H groups in total. The quantitative estimate of drug-likeness (QED) is 0.588. The molecule has 0 saturated carbocycles. The molecule has 1 saturated heterocycles. The van der Waals surface area contributed by atoms with Crippen molar-refractivity contribution >= 4 is 48.8 Å². The standard InChI is InChI=1S/C20H28ClFN4.3ClH/c1-20(2,3)24-10-11-26-13-18(15-4-5-17(22)16(21)12-15)25-19(26)14-6-8-23-9-7-14;;;/h4-5,12-14,23-24H,6-11H2,1-3H3;3*1H. The normalized spacial score (nSPS) is 14.5. The number of halogens is 5. The number of rotatable bonds is 5. The number of aromatic nitrogens is 2. The Labute approximate surface area is 196 Å². The van der Waals surface area contributed by atoms with Crippen LogP contribution in [0.4, 0.5) is 4.39 Å². The Morgan fingerprint density at radius 2 is 1.86 bits per heavy atom. The zero-order chi connectivity index (χ0) is 18.7. The average Bonchev–Trinajstić information content (AvgIpc) is 3.01. The van der Waals surface area contributed by atoms with E-state index in [4.69, 9.17) is 16.6 Å². The Hall–Kier alpha value is -0.560. The molecule has 29 heavy (non-hydrogen) atoms. The van der Waals surface area contributed by atoms with E-state index in [1.165, 1.54) is 6.07 Å². The zero-order valence-electron chi connectivity index (χ0n) is 17.0. The van der Waals surface area contributed by atoms with E-state index in [2.05, 4.69) is 42.2 Å². The molecule has 3 rings (SSSR count). The van der Waals surface area contributed by atoms with Crippen molar-refractivity contribution in [3.05, 3.63) is 41.1 Å². The van der Waals surface area contributed by atoms with Crippen LogP contribution >= 0.6 is 48.8 Å². The van der Waals surface area contributed by atoms with E-state index >= 15 is 0 Å². The highest BCUT2D eigenvalue weighted by Gasteiger charge is 2.22. The first-order chi connectivity index (χ1) is 12.3. The molecule has 0 radical (unpaired) electrons. The third-order valence-corrected chi connectivity index (χ3v) is 5.02. The van der Waals surface area contributed by atoms with Gasteiger partial charge in [0.15, 0.2) is 0 Å². The van der Waals surface area contributed by atoms with Crippen LogP contribution in [0.25, 0.3) is 11.3 Å². The minimum atomic E-state index is -0.400. The molecule has 0 aliphatic carbocycles. The minimum absolute atomic E-state index is 0. The van der Waals surface area contributed by atoms with Gasteiger partial charge >= 0.3 is 0 Å². The summed E-state index contributed by atoms with van der Waals surface area (Å²) in [6.07, 6.45) is 4.26. The summed E-state index contributed by atoms with van der Waals surface area (Å²) in [7, 11) is 0. The lowest BCUT2D eigenvalue weighted by molar-refractivity contribution is 0.396. The zero-order valence-corrected chi connectivity index (χ0v) is 20.2. The molecule has 1 aromatic heterocycles. The molecule has 0 atom stereocenters. The fourth-order valence-electron chi connectivity index (χ4n) is 3.36. The predicted octanol–water partition coefficient (Wildman–Crippen LogP) is 5.46. The van der Waals surface area contributed by atoms with E-state index in [9.17, 15) is 4.39 Å². The Balaban J connectivity index is 0.00000261. The van der Waals surface area contributed by atoms with Crippen molar-refractivity contribution in [3.8, 4) is 11.3 Å². The molecule has 9 heteroatoms. The van der Waals surface area contributed by atoms with Crippen LogP contribution < -0.4 is 10.6 Å². The molecule has 2 aromatic rings. The predicted molar refractivity (Wildman–Crippen MR) is 127 cm³/mol. The first-order valence-electron chi connectivity index (χ1n) is 9.32. The summed E-state index contributed by atoms with van der Waals surface area (Å²) in [5.74, 6) is 1.18. The number of piperidine rings is 1. The molecule has 0 amide bonds. The number of imidazole rings is 1. The van der Waals surface area contributed by atoms with Crippen molar-refractivity contribution in [1.29, 1.82) is 0 Å².